The van der Waals surface area contributed by atoms with E-state index in [9.17, 15) is 9.59 Å². The predicted octanol–water partition coefficient (Wildman–Crippen LogP) is 1.75. The number of nitrogens with one attached hydrogen (secondary N) is 1. The summed E-state index contributed by atoms with van der Waals surface area (Å²) in [5.41, 5.74) is 0.426. The van der Waals surface area contributed by atoms with Gasteiger partial charge in [-0.3, -0.25) is 9.59 Å². The van der Waals surface area contributed by atoms with Gasteiger partial charge in [0.1, 0.15) is 0 Å². The van der Waals surface area contributed by atoms with Gasteiger partial charge in [0, 0.05) is 12.3 Å². The van der Waals surface area contributed by atoms with Crippen LogP contribution in [0.15, 0.2) is 23.1 Å². The molecule has 1 aromatic heterocycles. The lowest BCUT2D eigenvalue weighted by Crippen LogP contribution is -2.13. The number of methoxy groups -OCH3 is 2. The molecule has 0 unspecified atom stereocenters. The van der Waals surface area contributed by atoms with Crippen molar-refractivity contribution in [3.63, 3.8) is 0 Å². The van der Waals surface area contributed by atoms with Crippen LogP contribution in [-0.2, 0) is 0 Å². The minimum atomic E-state index is -0.308. The number of ketones is 1. The number of aromatic nitrogens is 1. The maximum absolute atomic E-state index is 12.1. The first-order valence-corrected chi connectivity index (χ1v) is 5.37. The molecule has 1 N–H and O–H groups in total. The summed E-state index contributed by atoms with van der Waals surface area (Å²) in [6.45, 7) is 1.36. The molecule has 1 heterocycles. The number of hydrogen-bond acceptors (Lipinski definition) is 4. The van der Waals surface area contributed by atoms with Crippen LogP contribution >= 0.6 is 0 Å². The zero-order valence-electron chi connectivity index (χ0n) is 10.4. The van der Waals surface area contributed by atoms with Crippen molar-refractivity contribution in [2.24, 2.45) is 0 Å². The molecule has 0 bridgehead atoms. The molecule has 0 radical (unpaired) electrons. The smallest absolute Gasteiger partial charge is 0.200 e. The quantitative estimate of drug-likeness (QED) is 0.839. The molecule has 5 heteroatoms. The Balaban J connectivity index is 2.82. The fourth-order valence-electron chi connectivity index (χ4n) is 1.81. The van der Waals surface area contributed by atoms with Crippen molar-refractivity contribution >= 4 is 16.7 Å². The molecule has 0 fully saturated rings. The molecular weight excluding hydrogens is 234 g/mol. The molecule has 2 rings (SSSR count). The molecule has 2 aromatic rings. The van der Waals surface area contributed by atoms with E-state index in [0.717, 1.165) is 0 Å². The second kappa shape index (κ2) is 4.52. The maximum Gasteiger partial charge on any atom is 0.200 e. The molecule has 0 saturated heterocycles. The van der Waals surface area contributed by atoms with E-state index in [-0.39, 0.29) is 16.8 Å². The van der Waals surface area contributed by atoms with E-state index in [1.165, 1.54) is 27.3 Å². The summed E-state index contributed by atoms with van der Waals surface area (Å²) in [5, 5.41) is 0.403. The Morgan fingerprint density at radius 1 is 1.17 bits per heavy atom. The minimum Gasteiger partial charge on any atom is -0.493 e. The van der Waals surface area contributed by atoms with E-state index in [1.54, 1.807) is 12.1 Å². The predicted molar refractivity (Wildman–Crippen MR) is 67.7 cm³/mol. The van der Waals surface area contributed by atoms with E-state index >= 15 is 0 Å². The molecule has 0 saturated carbocycles. The number of ether oxygens (including phenoxy) is 2. The van der Waals surface area contributed by atoms with Crippen LogP contribution in [0.2, 0.25) is 0 Å². The first-order chi connectivity index (χ1) is 8.58. The molecule has 0 amide bonds. The average Bonchev–Trinajstić information content (AvgIpc) is 2.37. The highest BCUT2D eigenvalue weighted by atomic mass is 16.5. The van der Waals surface area contributed by atoms with Crippen LogP contribution in [0.3, 0.4) is 0 Å². The number of carbonyl (C=O) groups excluding carboxylic acids is 1. The zero-order chi connectivity index (χ0) is 13.3. The van der Waals surface area contributed by atoms with E-state index in [1.807, 2.05) is 0 Å². The van der Waals surface area contributed by atoms with Crippen molar-refractivity contribution in [2.75, 3.05) is 14.2 Å². The third-order valence-corrected chi connectivity index (χ3v) is 2.76. The number of aromatic amines is 1. The number of H-pyrrole nitrogens is 1. The summed E-state index contributed by atoms with van der Waals surface area (Å²) in [6.07, 6.45) is 1.42. The van der Waals surface area contributed by atoms with Crippen LogP contribution < -0.4 is 14.9 Å². The van der Waals surface area contributed by atoms with Gasteiger partial charge >= 0.3 is 0 Å². The Bertz CT molecular complexity index is 672. The average molecular weight is 247 g/mol. The van der Waals surface area contributed by atoms with Gasteiger partial charge in [0.2, 0.25) is 0 Å². The van der Waals surface area contributed by atoms with Crippen LogP contribution in [-0.4, -0.2) is 25.0 Å². The largest absolute Gasteiger partial charge is 0.493 e. The number of rotatable bonds is 3. The molecule has 0 atom stereocenters. The van der Waals surface area contributed by atoms with Crippen molar-refractivity contribution in [3.8, 4) is 11.5 Å². The Morgan fingerprint density at radius 3 is 2.33 bits per heavy atom. The number of pyridine rings is 1. The molecule has 94 valence electrons. The summed E-state index contributed by atoms with van der Waals surface area (Å²) in [4.78, 5) is 26.3. The van der Waals surface area contributed by atoms with Crippen molar-refractivity contribution in [2.45, 2.75) is 6.92 Å². The highest BCUT2D eigenvalue weighted by molar-refractivity contribution is 5.97. The first kappa shape index (κ1) is 12.2. The van der Waals surface area contributed by atoms with Gasteiger partial charge in [-0.05, 0) is 13.0 Å². The summed E-state index contributed by atoms with van der Waals surface area (Å²) in [6, 6.07) is 3.24. The van der Waals surface area contributed by atoms with E-state index in [4.69, 9.17) is 9.47 Å². The van der Waals surface area contributed by atoms with Crippen LogP contribution in [0.1, 0.15) is 17.3 Å². The topological polar surface area (TPSA) is 68.4 Å². The lowest BCUT2D eigenvalue weighted by molar-refractivity contribution is 0.101. The molecule has 5 nitrogen and oxygen atoms in total. The van der Waals surface area contributed by atoms with Crippen molar-refractivity contribution in [3.05, 3.63) is 34.1 Å². The minimum absolute atomic E-state index is 0.134. The summed E-state index contributed by atoms with van der Waals surface area (Å²) < 4.78 is 10.3. The third-order valence-electron chi connectivity index (χ3n) is 2.76. The van der Waals surface area contributed by atoms with Crippen molar-refractivity contribution in [1.29, 1.82) is 0 Å². The van der Waals surface area contributed by atoms with Gasteiger partial charge in [0.25, 0.3) is 0 Å². The monoisotopic (exact) mass is 247 g/mol. The van der Waals surface area contributed by atoms with Crippen LogP contribution in [0.25, 0.3) is 10.9 Å². The Kier molecular flexibility index (Phi) is 3.06. The molecule has 1 aromatic carbocycles. The summed E-state index contributed by atoms with van der Waals surface area (Å²) in [5.74, 6) is 0.709. The summed E-state index contributed by atoms with van der Waals surface area (Å²) >= 11 is 0. The van der Waals surface area contributed by atoms with Crippen LogP contribution in [0, 0.1) is 0 Å². The standard InChI is InChI=1S/C13H13NO4/c1-7(15)9-6-14-10-5-12(18-3)11(17-2)4-8(10)13(9)16/h4-6H,1-3H3,(H,14,16). The van der Waals surface area contributed by atoms with Gasteiger partial charge in [0.05, 0.1) is 30.7 Å². The molecule has 0 aliphatic rings. The zero-order valence-corrected chi connectivity index (χ0v) is 10.4. The molecule has 0 spiro atoms. The van der Waals surface area contributed by atoms with Gasteiger partial charge in [-0.25, -0.2) is 0 Å². The van der Waals surface area contributed by atoms with Crippen molar-refractivity contribution < 1.29 is 14.3 Å². The summed E-state index contributed by atoms with van der Waals surface area (Å²) in [7, 11) is 3.01. The molecule has 18 heavy (non-hydrogen) atoms. The van der Waals surface area contributed by atoms with Crippen molar-refractivity contribution in [1.82, 2.24) is 4.98 Å². The Hall–Kier alpha value is -2.30. The van der Waals surface area contributed by atoms with E-state index in [0.29, 0.717) is 22.4 Å². The number of carbonyl (C=O) groups is 1. The normalized spacial score (nSPS) is 10.4. The van der Waals surface area contributed by atoms with E-state index in [2.05, 4.69) is 4.98 Å². The van der Waals surface area contributed by atoms with Crippen LogP contribution in [0.4, 0.5) is 0 Å². The fourth-order valence-corrected chi connectivity index (χ4v) is 1.81. The molecule has 0 aliphatic carbocycles. The highest BCUT2D eigenvalue weighted by Gasteiger charge is 2.12. The number of hydrogen-bond donors (Lipinski definition) is 1. The van der Waals surface area contributed by atoms with Gasteiger partial charge < -0.3 is 14.5 Å². The van der Waals surface area contributed by atoms with Gasteiger partial charge in [-0.1, -0.05) is 0 Å². The maximum atomic E-state index is 12.1. The van der Waals surface area contributed by atoms with Gasteiger partial charge in [-0.2, -0.15) is 0 Å². The fraction of sp³-hybridized carbons (Fsp3) is 0.231. The van der Waals surface area contributed by atoms with Crippen LogP contribution in [0.5, 0.6) is 11.5 Å². The molecule has 0 aliphatic heterocycles. The Labute approximate surface area is 103 Å². The SMILES string of the molecule is COc1cc2[nH]cc(C(C)=O)c(=O)c2cc1OC. The second-order valence-electron chi connectivity index (χ2n) is 3.84. The molecular formula is C13H13NO4. The number of Topliss-reactive ketones (excluding diaryl/α,β-unsaturated/α-hetero) is 1. The first-order valence-electron chi connectivity index (χ1n) is 5.37. The number of fused-ring (bicyclic) bond motifs is 1. The highest BCUT2D eigenvalue weighted by Crippen LogP contribution is 2.30. The second-order valence-corrected chi connectivity index (χ2v) is 3.84. The van der Waals surface area contributed by atoms with Gasteiger partial charge in [0.15, 0.2) is 22.7 Å². The number of benzene rings is 1. The lowest BCUT2D eigenvalue weighted by Gasteiger charge is -2.09. The Morgan fingerprint density at radius 2 is 1.78 bits per heavy atom. The lowest BCUT2D eigenvalue weighted by atomic mass is 10.1. The van der Waals surface area contributed by atoms with Gasteiger partial charge in [-0.15, -0.1) is 0 Å². The van der Waals surface area contributed by atoms with E-state index < -0.39 is 0 Å². The third kappa shape index (κ3) is 1.84.